The van der Waals surface area contributed by atoms with Crippen molar-refractivity contribution in [3.8, 4) is 0 Å². The van der Waals surface area contributed by atoms with Crippen molar-refractivity contribution >= 4 is 34.7 Å². The van der Waals surface area contributed by atoms with Gasteiger partial charge < -0.3 is 10.6 Å². The Hall–Kier alpha value is -3.80. The first-order valence-electron chi connectivity index (χ1n) is 8.26. The standard InChI is InChI=1S/C20H14N6/c1-5-13-14-6-2-11-19(22-14)26-20-12-4-8-16(24-20)15-7-3-10-18(23-15)25-17(9-1)21-13/h1-12H,(H,21,23,25)(H,22,24,26). The van der Waals surface area contributed by atoms with Gasteiger partial charge >= 0.3 is 0 Å². The van der Waals surface area contributed by atoms with Crippen molar-refractivity contribution in [1.29, 1.82) is 0 Å². The van der Waals surface area contributed by atoms with Crippen LogP contribution in [0.25, 0.3) is 11.4 Å². The third kappa shape index (κ3) is 2.73. The molecule has 3 aliphatic heterocycles. The highest BCUT2D eigenvalue weighted by Crippen LogP contribution is 2.21. The van der Waals surface area contributed by atoms with Gasteiger partial charge in [-0.15, -0.1) is 0 Å². The minimum Gasteiger partial charge on any atom is -0.338 e. The van der Waals surface area contributed by atoms with Gasteiger partial charge in [-0.05, 0) is 48.6 Å². The maximum Gasteiger partial charge on any atom is 0.155 e. The Bertz CT molecular complexity index is 997. The summed E-state index contributed by atoms with van der Waals surface area (Å²) in [4.78, 5) is 18.5. The van der Waals surface area contributed by atoms with E-state index in [1.165, 1.54) is 0 Å². The molecule has 5 rings (SSSR count). The molecule has 6 heteroatoms. The van der Waals surface area contributed by atoms with Crippen LogP contribution < -0.4 is 10.6 Å². The zero-order valence-corrected chi connectivity index (χ0v) is 13.7. The van der Waals surface area contributed by atoms with Crippen LogP contribution in [0.1, 0.15) is 11.4 Å². The van der Waals surface area contributed by atoms with E-state index in [0.29, 0.717) is 23.3 Å². The molecule has 8 bridgehead atoms. The number of aliphatic imine (C=N–C) groups is 2. The number of pyridine rings is 2. The summed E-state index contributed by atoms with van der Waals surface area (Å²) < 4.78 is 0. The third-order valence-corrected chi connectivity index (χ3v) is 4.05. The van der Waals surface area contributed by atoms with Crippen molar-refractivity contribution in [2.24, 2.45) is 9.98 Å². The van der Waals surface area contributed by atoms with Crippen LogP contribution in [0.15, 0.2) is 82.8 Å². The van der Waals surface area contributed by atoms with Gasteiger partial charge in [0.15, 0.2) is 11.6 Å². The molecule has 0 amide bonds. The molecule has 0 spiro atoms. The summed E-state index contributed by atoms with van der Waals surface area (Å²) in [5.41, 5.74) is 3.35. The van der Waals surface area contributed by atoms with Gasteiger partial charge in [-0.1, -0.05) is 24.3 Å². The molecule has 2 aromatic rings. The van der Waals surface area contributed by atoms with Crippen molar-refractivity contribution in [3.05, 3.63) is 84.2 Å². The zero-order chi connectivity index (χ0) is 17.3. The number of amidine groups is 2. The van der Waals surface area contributed by atoms with E-state index in [4.69, 9.17) is 0 Å². The summed E-state index contributed by atoms with van der Waals surface area (Å²) in [5.74, 6) is 2.69. The van der Waals surface area contributed by atoms with E-state index in [-0.39, 0.29) is 0 Å². The van der Waals surface area contributed by atoms with E-state index in [1.807, 2.05) is 72.9 Å². The number of dihydropyridines is 2. The number of hydrogen-bond acceptors (Lipinski definition) is 6. The second kappa shape index (κ2) is 5.93. The number of rotatable bonds is 0. The number of hydrogen-bond donors (Lipinski definition) is 2. The van der Waals surface area contributed by atoms with E-state index >= 15 is 0 Å². The fourth-order valence-electron chi connectivity index (χ4n) is 2.86. The van der Waals surface area contributed by atoms with Crippen LogP contribution >= 0.6 is 0 Å². The average Bonchev–Trinajstić information content (AvgIpc) is 2.68. The highest BCUT2D eigenvalue weighted by molar-refractivity contribution is 6.03. The second-order valence-corrected chi connectivity index (χ2v) is 5.89. The Labute approximate surface area is 150 Å². The largest absolute Gasteiger partial charge is 0.338 e. The van der Waals surface area contributed by atoms with Crippen LogP contribution in [0.4, 0.5) is 11.6 Å². The fraction of sp³-hybridized carbons (Fsp3) is 0. The molecular weight excluding hydrogens is 324 g/mol. The van der Waals surface area contributed by atoms with Gasteiger partial charge in [0.2, 0.25) is 0 Å². The summed E-state index contributed by atoms with van der Waals surface area (Å²) in [7, 11) is 0. The number of allylic oxidation sites excluding steroid dienone is 4. The number of nitrogens with one attached hydrogen (secondary N) is 2. The van der Waals surface area contributed by atoms with Crippen molar-refractivity contribution < 1.29 is 0 Å². The lowest BCUT2D eigenvalue weighted by atomic mass is 10.2. The van der Waals surface area contributed by atoms with Gasteiger partial charge in [0.05, 0.1) is 22.8 Å². The molecule has 26 heavy (non-hydrogen) atoms. The van der Waals surface area contributed by atoms with Gasteiger partial charge in [0, 0.05) is 0 Å². The van der Waals surface area contributed by atoms with Crippen LogP contribution in [-0.4, -0.2) is 21.6 Å². The first kappa shape index (κ1) is 14.5. The molecule has 0 atom stereocenters. The van der Waals surface area contributed by atoms with Crippen LogP contribution in [0.3, 0.4) is 0 Å². The summed E-state index contributed by atoms with van der Waals surface area (Å²) in [5, 5.41) is 6.61. The Balaban J connectivity index is 1.71. The smallest absolute Gasteiger partial charge is 0.155 e. The molecule has 3 aliphatic rings. The fourth-order valence-corrected chi connectivity index (χ4v) is 2.86. The maximum absolute atomic E-state index is 4.64. The average molecular weight is 338 g/mol. The molecular formula is C20H14N6. The first-order chi connectivity index (χ1) is 12.8. The van der Waals surface area contributed by atoms with E-state index < -0.39 is 0 Å². The van der Waals surface area contributed by atoms with Crippen LogP contribution in [0, 0.1) is 0 Å². The molecule has 0 unspecified atom stereocenters. The van der Waals surface area contributed by atoms with E-state index in [1.54, 1.807) is 0 Å². The summed E-state index contributed by atoms with van der Waals surface area (Å²) in [6, 6.07) is 11.5. The number of nitrogens with zero attached hydrogens (tertiary/aromatic N) is 4. The first-order valence-corrected chi connectivity index (χ1v) is 8.26. The van der Waals surface area contributed by atoms with Gasteiger partial charge in [-0.3, -0.25) is 0 Å². The molecule has 0 aromatic carbocycles. The maximum atomic E-state index is 4.64. The molecule has 0 aliphatic carbocycles. The highest BCUT2D eigenvalue weighted by Gasteiger charge is 2.13. The van der Waals surface area contributed by atoms with Crippen LogP contribution in [0.5, 0.6) is 0 Å². The predicted octanol–water partition coefficient (Wildman–Crippen LogP) is 3.25. The van der Waals surface area contributed by atoms with E-state index in [9.17, 15) is 0 Å². The monoisotopic (exact) mass is 338 g/mol. The van der Waals surface area contributed by atoms with Crippen molar-refractivity contribution in [2.75, 3.05) is 0 Å². The topological polar surface area (TPSA) is 74.6 Å². The number of aromatic nitrogens is 2. The van der Waals surface area contributed by atoms with Gasteiger partial charge in [-0.25, -0.2) is 20.0 Å². The molecule has 0 radical (unpaired) electrons. The zero-order valence-electron chi connectivity index (χ0n) is 13.7. The van der Waals surface area contributed by atoms with Crippen LogP contribution in [-0.2, 0) is 0 Å². The molecule has 0 saturated heterocycles. The summed E-state index contributed by atoms with van der Waals surface area (Å²) in [6.45, 7) is 0. The Morgan fingerprint density at radius 1 is 0.615 bits per heavy atom. The Kier molecular flexibility index (Phi) is 3.31. The lowest BCUT2D eigenvalue weighted by molar-refractivity contribution is 1.13. The molecule has 2 aromatic heterocycles. The molecule has 0 saturated carbocycles. The SMILES string of the molecule is C1=CC2=Nc3cccc(n3)C3=CC=CC(=Nc4cccc(n4)C(=C1)N2)N3. The quantitative estimate of drug-likeness (QED) is 0.773. The van der Waals surface area contributed by atoms with E-state index in [0.717, 1.165) is 22.8 Å². The van der Waals surface area contributed by atoms with Crippen molar-refractivity contribution in [2.45, 2.75) is 0 Å². The Morgan fingerprint density at radius 2 is 1.12 bits per heavy atom. The number of fused-ring (bicyclic) bond motifs is 10. The second-order valence-electron chi connectivity index (χ2n) is 5.89. The normalized spacial score (nSPS) is 16.9. The molecule has 124 valence electrons. The Morgan fingerprint density at radius 3 is 1.62 bits per heavy atom. The summed E-state index contributed by atoms with van der Waals surface area (Å²) in [6.07, 6.45) is 11.6. The lowest BCUT2D eigenvalue weighted by Crippen LogP contribution is -2.24. The lowest BCUT2D eigenvalue weighted by Gasteiger charge is -2.16. The van der Waals surface area contributed by atoms with Gasteiger partial charge in [0.25, 0.3) is 0 Å². The molecule has 0 fully saturated rings. The minimum atomic E-state index is 0.630. The van der Waals surface area contributed by atoms with Crippen molar-refractivity contribution in [1.82, 2.24) is 20.6 Å². The predicted molar refractivity (Wildman–Crippen MR) is 103 cm³/mol. The van der Waals surface area contributed by atoms with Gasteiger partial charge in [-0.2, -0.15) is 0 Å². The van der Waals surface area contributed by atoms with E-state index in [2.05, 4.69) is 30.6 Å². The third-order valence-electron chi connectivity index (χ3n) is 4.05. The summed E-state index contributed by atoms with van der Waals surface area (Å²) >= 11 is 0. The minimum absolute atomic E-state index is 0.630. The molecule has 6 nitrogen and oxygen atoms in total. The highest BCUT2D eigenvalue weighted by atomic mass is 15.1. The van der Waals surface area contributed by atoms with Crippen LogP contribution in [0.2, 0.25) is 0 Å². The molecule has 5 heterocycles. The van der Waals surface area contributed by atoms with Crippen molar-refractivity contribution in [3.63, 3.8) is 0 Å². The van der Waals surface area contributed by atoms with Gasteiger partial charge in [0.1, 0.15) is 11.7 Å². The molecule has 2 N–H and O–H groups in total.